The van der Waals surface area contributed by atoms with Gasteiger partial charge >= 0.3 is 0 Å². The van der Waals surface area contributed by atoms with Gasteiger partial charge in [0.25, 0.3) is 0 Å². The van der Waals surface area contributed by atoms with Gasteiger partial charge in [-0.25, -0.2) is 4.98 Å². The van der Waals surface area contributed by atoms with Crippen molar-refractivity contribution >= 4 is 32.7 Å². The highest BCUT2D eigenvalue weighted by molar-refractivity contribution is 9.10. The monoisotopic (exact) mass is 330 g/mol. The molecule has 4 nitrogen and oxygen atoms in total. The number of nitrogens with zero attached hydrogens (tertiary/aromatic N) is 3. The molecule has 0 fully saturated rings. The van der Waals surface area contributed by atoms with E-state index in [4.69, 9.17) is 0 Å². The van der Waals surface area contributed by atoms with Crippen molar-refractivity contribution in [2.45, 2.75) is 13.5 Å². The van der Waals surface area contributed by atoms with Gasteiger partial charge in [0.2, 0.25) is 0 Å². The van der Waals surface area contributed by atoms with Crippen LogP contribution in [0.2, 0.25) is 0 Å². The minimum Gasteiger partial charge on any atom is -0.380 e. The van der Waals surface area contributed by atoms with Gasteiger partial charge in [-0.3, -0.25) is 4.68 Å². The fourth-order valence-electron chi connectivity index (χ4n) is 2.25. The number of hydrogen-bond donors (Lipinski definition) is 1. The highest BCUT2D eigenvalue weighted by Gasteiger charge is 2.07. The van der Waals surface area contributed by atoms with E-state index in [-0.39, 0.29) is 0 Å². The zero-order valence-corrected chi connectivity index (χ0v) is 13.0. The minimum absolute atomic E-state index is 0.736. The minimum atomic E-state index is 0.736. The molecule has 0 aliphatic heterocycles. The summed E-state index contributed by atoms with van der Waals surface area (Å²) in [5.41, 5.74) is 4.16. The van der Waals surface area contributed by atoms with Gasteiger partial charge in [-0.05, 0) is 46.6 Å². The smallest absolute Gasteiger partial charge is 0.157 e. The van der Waals surface area contributed by atoms with Crippen molar-refractivity contribution in [3.8, 4) is 0 Å². The third-order valence-corrected chi connectivity index (χ3v) is 3.97. The zero-order chi connectivity index (χ0) is 14.1. The number of nitrogens with one attached hydrogen (secondary N) is 1. The first-order valence-electron chi connectivity index (χ1n) is 6.42. The number of para-hydroxylation sites is 1. The molecule has 0 bridgehead atoms. The number of aryl methyl sites for hydroxylation is 2. The Morgan fingerprint density at radius 3 is 2.90 bits per heavy atom. The number of halogens is 1. The summed E-state index contributed by atoms with van der Waals surface area (Å²) in [6.45, 7) is 2.74. The van der Waals surface area contributed by atoms with E-state index < -0.39 is 0 Å². The number of benzene rings is 1. The number of aromatic nitrogens is 3. The van der Waals surface area contributed by atoms with Gasteiger partial charge in [0.05, 0.1) is 5.69 Å². The molecule has 0 radical (unpaired) electrons. The topological polar surface area (TPSA) is 42.7 Å². The van der Waals surface area contributed by atoms with Gasteiger partial charge in [0, 0.05) is 35.3 Å². The lowest BCUT2D eigenvalue weighted by atomic mass is 10.2. The number of anilines is 1. The average molecular weight is 331 g/mol. The average Bonchev–Trinajstić information content (AvgIpc) is 2.73. The highest BCUT2D eigenvalue weighted by atomic mass is 79.9. The molecule has 20 heavy (non-hydrogen) atoms. The fraction of sp³-hybridized carbons (Fsp3) is 0.200. The lowest BCUT2D eigenvalue weighted by Crippen LogP contribution is -2.01. The van der Waals surface area contributed by atoms with E-state index >= 15 is 0 Å². The van der Waals surface area contributed by atoms with Crippen LogP contribution >= 0.6 is 15.9 Å². The summed E-state index contributed by atoms with van der Waals surface area (Å²) in [7, 11) is 1.92. The molecular formula is C15H15BrN4. The summed E-state index contributed by atoms with van der Waals surface area (Å²) in [6.07, 6.45) is 1.90. The van der Waals surface area contributed by atoms with E-state index in [1.165, 1.54) is 0 Å². The zero-order valence-electron chi connectivity index (χ0n) is 11.4. The molecule has 0 amide bonds. The van der Waals surface area contributed by atoms with E-state index in [2.05, 4.69) is 37.4 Å². The van der Waals surface area contributed by atoms with Crippen LogP contribution in [-0.4, -0.2) is 14.8 Å². The number of fused-ring (bicyclic) bond motifs is 1. The van der Waals surface area contributed by atoms with Crippen LogP contribution in [-0.2, 0) is 13.6 Å². The molecule has 2 aromatic heterocycles. The second kappa shape index (κ2) is 5.25. The molecule has 1 aromatic carbocycles. The molecule has 0 aliphatic rings. The Hall–Kier alpha value is -1.88. The van der Waals surface area contributed by atoms with Crippen molar-refractivity contribution in [3.63, 3.8) is 0 Å². The quantitative estimate of drug-likeness (QED) is 0.797. The standard InChI is InChI=1S/C15H15BrN4/c1-10-12-7-11(9-18-15(12)20(2)19-10)8-17-14-6-4-3-5-13(14)16/h3-7,9,17H,8H2,1-2H3. The predicted molar refractivity (Wildman–Crippen MR) is 84.7 cm³/mol. The Bertz CT molecular complexity index is 764. The van der Waals surface area contributed by atoms with Gasteiger partial charge in [-0.15, -0.1) is 0 Å². The third kappa shape index (κ3) is 2.41. The van der Waals surface area contributed by atoms with Crippen molar-refractivity contribution < 1.29 is 0 Å². The van der Waals surface area contributed by atoms with E-state index in [0.29, 0.717) is 0 Å². The first-order chi connectivity index (χ1) is 9.65. The van der Waals surface area contributed by atoms with Gasteiger partial charge in [-0.2, -0.15) is 5.10 Å². The Morgan fingerprint density at radius 1 is 1.30 bits per heavy atom. The lowest BCUT2D eigenvalue weighted by molar-refractivity contribution is 0.773. The molecular weight excluding hydrogens is 316 g/mol. The van der Waals surface area contributed by atoms with Crippen LogP contribution in [0.25, 0.3) is 11.0 Å². The molecule has 5 heteroatoms. The fourth-order valence-corrected chi connectivity index (χ4v) is 2.67. The summed E-state index contributed by atoms with van der Waals surface area (Å²) < 4.78 is 2.88. The predicted octanol–water partition coefficient (Wildman–Crippen LogP) is 3.65. The van der Waals surface area contributed by atoms with Crippen LogP contribution < -0.4 is 5.32 Å². The molecule has 102 valence electrons. The van der Waals surface area contributed by atoms with Crippen molar-refractivity contribution in [2.75, 3.05) is 5.32 Å². The Morgan fingerprint density at radius 2 is 2.10 bits per heavy atom. The summed E-state index contributed by atoms with van der Waals surface area (Å²) in [4.78, 5) is 4.48. The molecule has 1 N–H and O–H groups in total. The first-order valence-corrected chi connectivity index (χ1v) is 7.21. The van der Waals surface area contributed by atoms with E-state index in [0.717, 1.165) is 39.0 Å². The summed E-state index contributed by atoms with van der Waals surface area (Å²) in [5, 5.41) is 8.91. The van der Waals surface area contributed by atoms with E-state index in [9.17, 15) is 0 Å². The van der Waals surface area contributed by atoms with Crippen molar-refractivity contribution in [1.29, 1.82) is 0 Å². The van der Waals surface area contributed by atoms with Crippen LogP contribution in [0.5, 0.6) is 0 Å². The third-order valence-electron chi connectivity index (χ3n) is 3.28. The molecule has 3 rings (SSSR count). The Labute approximate surface area is 126 Å². The first kappa shape index (κ1) is 13.1. The largest absolute Gasteiger partial charge is 0.380 e. The van der Waals surface area contributed by atoms with Gasteiger partial charge in [0.15, 0.2) is 5.65 Å². The van der Waals surface area contributed by atoms with Gasteiger partial charge in [-0.1, -0.05) is 12.1 Å². The molecule has 0 spiro atoms. The second-order valence-electron chi connectivity index (χ2n) is 4.76. The molecule has 0 saturated heterocycles. The van der Waals surface area contributed by atoms with Crippen LogP contribution in [0.3, 0.4) is 0 Å². The highest BCUT2D eigenvalue weighted by Crippen LogP contribution is 2.22. The molecule has 3 aromatic rings. The maximum atomic E-state index is 4.48. The molecule has 2 heterocycles. The van der Waals surface area contributed by atoms with Crippen molar-refractivity contribution in [3.05, 3.63) is 52.3 Å². The summed E-state index contributed by atoms with van der Waals surface area (Å²) in [5.74, 6) is 0. The summed E-state index contributed by atoms with van der Waals surface area (Å²) >= 11 is 3.53. The van der Waals surface area contributed by atoms with Gasteiger partial charge in [0.1, 0.15) is 0 Å². The van der Waals surface area contributed by atoms with Crippen molar-refractivity contribution in [1.82, 2.24) is 14.8 Å². The van der Waals surface area contributed by atoms with Crippen LogP contribution in [0.1, 0.15) is 11.3 Å². The molecule has 0 atom stereocenters. The lowest BCUT2D eigenvalue weighted by Gasteiger charge is -2.08. The normalized spacial score (nSPS) is 10.9. The van der Waals surface area contributed by atoms with Gasteiger partial charge < -0.3 is 5.32 Å². The van der Waals surface area contributed by atoms with E-state index in [1.807, 2.05) is 49.1 Å². The molecule has 0 unspecified atom stereocenters. The summed E-state index contributed by atoms with van der Waals surface area (Å²) in [6, 6.07) is 10.2. The Balaban J connectivity index is 1.85. The molecule has 0 saturated carbocycles. The number of pyridine rings is 1. The SMILES string of the molecule is Cc1nn(C)c2ncc(CNc3ccccc3Br)cc12. The van der Waals surface area contributed by atoms with Crippen LogP contribution in [0.4, 0.5) is 5.69 Å². The van der Waals surface area contributed by atoms with Crippen LogP contribution in [0.15, 0.2) is 41.0 Å². The maximum Gasteiger partial charge on any atom is 0.157 e. The Kier molecular flexibility index (Phi) is 3.44. The van der Waals surface area contributed by atoms with Crippen molar-refractivity contribution in [2.24, 2.45) is 7.05 Å². The van der Waals surface area contributed by atoms with E-state index in [1.54, 1.807) is 0 Å². The number of rotatable bonds is 3. The van der Waals surface area contributed by atoms with Crippen LogP contribution in [0, 0.1) is 6.92 Å². The number of hydrogen-bond acceptors (Lipinski definition) is 3. The maximum absolute atomic E-state index is 4.48. The molecule has 0 aliphatic carbocycles. The second-order valence-corrected chi connectivity index (χ2v) is 5.61.